The van der Waals surface area contributed by atoms with Crippen LogP contribution in [-0.2, 0) is 4.79 Å². The SMILES string of the molecule is Cc1ccc(C2NC(C(C)C)C(=O)N2CC(F)F)c(C)c1. The molecule has 1 aliphatic rings. The smallest absolute Gasteiger partial charge is 0.255 e. The molecule has 2 atom stereocenters. The van der Waals surface area contributed by atoms with Gasteiger partial charge < -0.3 is 4.90 Å². The van der Waals surface area contributed by atoms with Crippen LogP contribution in [0.4, 0.5) is 8.78 Å². The topological polar surface area (TPSA) is 32.3 Å². The first-order valence-corrected chi connectivity index (χ1v) is 7.23. The summed E-state index contributed by atoms with van der Waals surface area (Å²) in [6, 6.07) is 5.45. The fraction of sp³-hybridized carbons (Fsp3) is 0.562. The molecule has 1 N–H and O–H groups in total. The Morgan fingerprint density at radius 2 is 1.95 bits per heavy atom. The lowest BCUT2D eigenvalue weighted by Gasteiger charge is -2.25. The van der Waals surface area contributed by atoms with Gasteiger partial charge in [0.1, 0.15) is 6.17 Å². The standard InChI is InChI=1S/C16H22F2N2O/c1-9(2)14-16(21)20(8-13(17)18)15(19-14)12-6-5-10(3)7-11(12)4/h5-7,9,13-15,19H,8H2,1-4H3. The molecule has 1 fully saturated rings. The molecule has 0 bridgehead atoms. The highest BCUT2D eigenvalue weighted by Gasteiger charge is 2.42. The predicted octanol–water partition coefficient (Wildman–Crippen LogP) is 3.02. The molecule has 21 heavy (non-hydrogen) atoms. The van der Waals surface area contributed by atoms with E-state index in [1.807, 2.05) is 45.9 Å². The number of hydrogen-bond acceptors (Lipinski definition) is 2. The van der Waals surface area contributed by atoms with Crippen molar-refractivity contribution in [2.75, 3.05) is 6.54 Å². The Hall–Kier alpha value is -1.49. The maximum Gasteiger partial charge on any atom is 0.255 e. The van der Waals surface area contributed by atoms with Crippen LogP contribution in [0, 0.1) is 19.8 Å². The van der Waals surface area contributed by atoms with E-state index in [-0.39, 0.29) is 11.8 Å². The first-order valence-electron chi connectivity index (χ1n) is 7.23. The summed E-state index contributed by atoms with van der Waals surface area (Å²) in [5.41, 5.74) is 3.00. The summed E-state index contributed by atoms with van der Waals surface area (Å²) in [4.78, 5) is 13.6. The summed E-state index contributed by atoms with van der Waals surface area (Å²) in [5, 5.41) is 3.22. The second-order valence-corrected chi connectivity index (χ2v) is 6.03. The van der Waals surface area contributed by atoms with Crippen molar-refractivity contribution < 1.29 is 13.6 Å². The molecule has 0 radical (unpaired) electrons. The van der Waals surface area contributed by atoms with Crippen molar-refractivity contribution in [2.45, 2.75) is 46.3 Å². The van der Waals surface area contributed by atoms with Crippen LogP contribution in [0.2, 0.25) is 0 Å². The van der Waals surface area contributed by atoms with Crippen LogP contribution in [0.1, 0.15) is 36.7 Å². The lowest BCUT2D eigenvalue weighted by atomic mass is 10.0. The lowest BCUT2D eigenvalue weighted by molar-refractivity contribution is -0.132. The van der Waals surface area contributed by atoms with Crippen LogP contribution in [-0.4, -0.2) is 29.8 Å². The van der Waals surface area contributed by atoms with Crippen molar-refractivity contribution in [1.82, 2.24) is 10.2 Å². The second-order valence-electron chi connectivity index (χ2n) is 6.03. The number of nitrogens with zero attached hydrogens (tertiary/aromatic N) is 1. The normalized spacial score (nSPS) is 22.7. The molecule has 1 aromatic rings. The Labute approximate surface area is 124 Å². The summed E-state index contributed by atoms with van der Waals surface area (Å²) in [7, 11) is 0. The zero-order chi connectivity index (χ0) is 15.7. The molecule has 0 saturated carbocycles. The van der Waals surface area contributed by atoms with Crippen molar-refractivity contribution in [2.24, 2.45) is 5.92 Å². The minimum atomic E-state index is -2.53. The van der Waals surface area contributed by atoms with Gasteiger partial charge in [0, 0.05) is 0 Å². The highest BCUT2D eigenvalue weighted by atomic mass is 19.3. The number of amides is 1. The Bertz CT molecular complexity index is 531. The van der Waals surface area contributed by atoms with E-state index in [1.165, 1.54) is 4.90 Å². The fourth-order valence-corrected chi connectivity index (χ4v) is 2.85. The van der Waals surface area contributed by atoms with Crippen molar-refractivity contribution in [3.05, 3.63) is 34.9 Å². The Morgan fingerprint density at radius 1 is 1.29 bits per heavy atom. The maximum absolute atomic E-state index is 12.8. The van der Waals surface area contributed by atoms with E-state index in [2.05, 4.69) is 5.32 Å². The molecule has 1 aromatic carbocycles. The Kier molecular flexibility index (Phi) is 4.61. The van der Waals surface area contributed by atoms with E-state index in [4.69, 9.17) is 0 Å². The quantitative estimate of drug-likeness (QED) is 0.926. The van der Waals surface area contributed by atoms with Gasteiger partial charge in [0.25, 0.3) is 6.43 Å². The number of carbonyl (C=O) groups excluding carboxylic acids is 1. The minimum Gasteiger partial charge on any atom is -0.316 e. The van der Waals surface area contributed by atoms with Gasteiger partial charge in [0.2, 0.25) is 5.91 Å². The van der Waals surface area contributed by atoms with Crippen molar-refractivity contribution in [3.8, 4) is 0 Å². The number of halogens is 2. The maximum atomic E-state index is 12.8. The third kappa shape index (κ3) is 3.23. The third-order valence-electron chi connectivity index (χ3n) is 3.92. The number of aryl methyl sites for hydroxylation is 2. The fourth-order valence-electron chi connectivity index (χ4n) is 2.85. The van der Waals surface area contributed by atoms with Gasteiger partial charge in [0.15, 0.2) is 0 Å². The number of alkyl halides is 2. The van der Waals surface area contributed by atoms with Crippen LogP contribution in [0.15, 0.2) is 18.2 Å². The van der Waals surface area contributed by atoms with Gasteiger partial charge in [-0.25, -0.2) is 8.78 Å². The van der Waals surface area contributed by atoms with Crippen molar-refractivity contribution in [3.63, 3.8) is 0 Å². The number of rotatable bonds is 4. The molecular formula is C16H22F2N2O. The monoisotopic (exact) mass is 296 g/mol. The third-order valence-corrected chi connectivity index (χ3v) is 3.92. The average Bonchev–Trinajstić information content (AvgIpc) is 2.67. The molecule has 5 heteroatoms. The second kappa shape index (κ2) is 6.10. The zero-order valence-electron chi connectivity index (χ0n) is 12.9. The van der Waals surface area contributed by atoms with E-state index in [0.29, 0.717) is 0 Å². The van der Waals surface area contributed by atoms with Gasteiger partial charge in [0.05, 0.1) is 12.6 Å². The summed E-state index contributed by atoms with van der Waals surface area (Å²) >= 11 is 0. The van der Waals surface area contributed by atoms with Crippen LogP contribution >= 0.6 is 0 Å². The predicted molar refractivity (Wildman–Crippen MR) is 78.1 cm³/mol. The van der Waals surface area contributed by atoms with Gasteiger partial charge in [-0.3, -0.25) is 10.1 Å². The summed E-state index contributed by atoms with van der Waals surface area (Å²) in [6.07, 6.45) is -3.01. The van der Waals surface area contributed by atoms with Crippen molar-refractivity contribution in [1.29, 1.82) is 0 Å². The van der Waals surface area contributed by atoms with E-state index >= 15 is 0 Å². The molecule has 1 amide bonds. The van der Waals surface area contributed by atoms with Crippen molar-refractivity contribution >= 4 is 5.91 Å². The molecule has 1 aliphatic heterocycles. The van der Waals surface area contributed by atoms with E-state index in [9.17, 15) is 13.6 Å². The number of benzene rings is 1. The molecule has 0 aromatic heterocycles. The lowest BCUT2D eigenvalue weighted by Crippen LogP contribution is -2.36. The molecule has 2 rings (SSSR count). The van der Waals surface area contributed by atoms with Crippen LogP contribution in [0.3, 0.4) is 0 Å². The summed E-state index contributed by atoms with van der Waals surface area (Å²) in [6.45, 7) is 7.23. The largest absolute Gasteiger partial charge is 0.316 e. The summed E-state index contributed by atoms with van der Waals surface area (Å²) < 4.78 is 25.6. The highest BCUT2D eigenvalue weighted by Crippen LogP contribution is 2.30. The first kappa shape index (κ1) is 15.9. The molecule has 2 unspecified atom stereocenters. The Balaban J connectivity index is 2.36. The van der Waals surface area contributed by atoms with Gasteiger partial charge in [-0.1, -0.05) is 37.6 Å². The van der Waals surface area contributed by atoms with Gasteiger partial charge in [-0.15, -0.1) is 0 Å². The number of nitrogens with one attached hydrogen (secondary N) is 1. The molecular weight excluding hydrogens is 274 g/mol. The highest BCUT2D eigenvalue weighted by molar-refractivity contribution is 5.85. The van der Waals surface area contributed by atoms with Gasteiger partial charge in [-0.2, -0.15) is 0 Å². The molecule has 1 heterocycles. The van der Waals surface area contributed by atoms with E-state index in [1.54, 1.807) is 0 Å². The molecule has 3 nitrogen and oxygen atoms in total. The number of hydrogen-bond donors (Lipinski definition) is 1. The first-order chi connectivity index (χ1) is 9.81. The van der Waals surface area contributed by atoms with Crippen LogP contribution in [0.25, 0.3) is 0 Å². The Morgan fingerprint density at radius 3 is 2.48 bits per heavy atom. The van der Waals surface area contributed by atoms with Crippen LogP contribution in [0.5, 0.6) is 0 Å². The molecule has 116 valence electrons. The van der Waals surface area contributed by atoms with E-state index in [0.717, 1.165) is 16.7 Å². The summed E-state index contributed by atoms with van der Waals surface area (Å²) in [5.74, 6) is -0.177. The molecule has 0 spiro atoms. The van der Waals surface area contributed by atoms with Gasteiger partial charge in [-0.05, 0) is 30.9 Å². The van der Waals surface area contributed by atoms with Gasteiger partial charge >= 0.3 is 0 Å². The van der Waals surface area contributed by atoms with E-state index < -0.39 is 25.2 Å². The average molecular weight is 296 g/mol. The number of carbonyl (C=O) groups is 1. The minimum absolute atomic E-state index is 0.0634. The molecule has 0 aliphatic carbocycles. The molecule has 1 saturated heterocycles. The zero-order valence-corrected chi connectivity index (χ0v) is 12.9. The van der Waals surface area contributed by atoms with Crippen LogP contribution < -0.4 is 5.32 Å².